The summed E-state index contributed by atoms with van der Waals surface area (Å²) >= 11 is 0. The van der Waals surface area contributed by atoms with Crippen LogP contribution < -0.4 is 5.56 Å². The molecule has 0 atom stereocenters. The van der Waals surface area contributed by atoms with Gasteiger partial charge in [0.1, 0.15) is 11.6 Å². The number of benzene rings is 1. The molecule has 0 N–H and O–H groups in total. The average Bonchev–Trinajstić information content (AvgIpc) is 3.11. The first-order valence-corrected chi connectivity index (χ1v) is 9.52. The molecule has 146 valence electrons. The molecule has 8 heteroatoms. The van der Waals surface area contributed by atoms with Crippen molar-refractivity contribution >= 4 is 11.6 Å². The van der Waals surface area contributed by atoms with Gasteiger partial charge in [0.2, 0.25) is 11.6 Å². The molecule has 1 amide bonds. The predicted molar refractivity (Wildman–Crippen MR) is 102 cm³/mol. The maximum Gasteiger partial charge on any atom is 0.300 e. The molecule has 28 heavy (non-hydrogen) atoms. The van der Waals surface area contributed by atoms with Crippen LogP contribution >= 0.6 is 0 Å². The van der Waals surface area contributed by atoms with Crippen LogP contribution in [-0.2, 0) is 11.2 Å². The van der Waals surface area contributed by atoms with Gasteiger partial charge in [0.05, 0.1) is 5.69 Å². The Morgan fingerprint density at radius 1 is 1.21 bits per heavy atom. The molecule has 3 heterocycles. The van der Waals surface area contributed by atoms with Gasteiger partial charge in [-0.05, 0) is 37.0 Å². The monoisotopic (exact) mass is 383 g/mol. The molecule has 0 bridgehead atoms. The van der Waals surface area contributed by atoms with Crippen LogP contribution in [-0.4, -0.2) is 43.1 Å². The van der Waals surface area contributed by atoms with Crippen molar-refractivity contribution in [3.05, 3.63) is 58.7 Å². The molecule has 1 fully saturated rings. The summed E-state index contributed by atoms with van der Waals surface area (Å²) in [6.07, 6.45) is 6.06. The van der Waals surface area contributed by atoms with E-state index < -0.39 is 5.82 Å². The number of carbonyl (C=O) groups excluding carboxylic acids is 1. The second kappa shape index (κ2) is 7.53. The number of likely N-dealkylation sites (tertiary alicyclic amines) is 1. The van der Waals surface area contributed by atoms with Gasteiger partial charge >= 0.3 is 5.56 Å². The molecule has 2 aromatic heterocycles. The van der Waals surface area contributed by atoms with Crippen molar-refractivity contribution in [3.8, 4) is 5.69 Å². The Bertz CT molecular complexity index is 1070. The standard InChI is InChI=1S/C20H22FN5O2/c1-14-7-9-24(10-8-14)18(27)6-5-17-22-23-19-20(28)25(11-12-26(17)19)16-4-2-3-15(21)13-16/h2-4,11-14H,5-10H2,1H3. The zero-order chi connectivity index (χ0) is 19.7. The van der Waals surface area contributed by atoms with Gasteiger partial charge in [-0.2, -0.15) is 0 Å². The van der Waals surface area contributed by atoms with E-state index in [0.717, 1.165) is 25.9 Å². The van der Waals surface area contributed by atoms with Gasteiger partial charge in [0.15, 0.2) is 0 Å². The Morgan fingerprint density at radius 3 is 2.75 bits per heavy atom. The lowest BCUT2D eigenvalue weighted by Gasteiger charge is -2.30. The Labute approximate surface area is 161 Å². The number of amides is 1. The van der Waals surface area contributed by atoms with Crippen LogP contribution in [0.5, 0.6) is 0 Å². The van der Waals surface area contributed by atoms with Crippen molar-refractivity contribution in [2.75, 3.05) is 13.1 Å². The molecule has 1 saturated heterocycles. The maximum atomic E-state index is 13.5. The van der Waals surface area contributed by atoms with Crippen molar-refractivity contribution < 1.29 is 9.18 Å². The van der Waals surface area contributed by atoms with Gasteiger partial charge < -0.3 is 4.90 Å². The highest BCUT2D eigenvalue weighted by molar-refractivity contribution is 5.76. The smallest absolute Gasteiger partial charge is 0.300 e. The lowest BCUT2D eigenvalue weighted by Crippen LogP contribution is -2.38. The van der Waals surface area contributed by atoms with E-state index in [2.05, 4.69) is 17.1 Å². The molecule has 0 aliphatic carbocycles. The molecule has 0 radical (unpaired) electrons. The molecular weight excluding hydrogens is 361 g/mol. The largest absolute Gasteiger partial charge is 0.343 e. The van der Waals surface area contributed by atoms with Crippen molar-refractivity contribution in [1.29, 1.82) is 0 Å². The third-order valence-electron chi connectivity index (χ3n) is 5.33. The van der Waals surface area contributed by atoms with Crippen LogP contribution in [0.3, 0.4) is 0 Å². The van der Waals surface area contributed by atoms with Crippen LogP contribution in [0.25, 0.3) is 11.3 Å². The Kier molecular flexibility index (Phi) is 4.93. The lowest BCUT2D eigenvalue weighted by molar-refractivity contribution is -0.132. The first kappa shape index (κ1) is 18.3. The number of hydrogen-bond acceptors (Lipinski definition) is 4. The summed E-state index contributed by atoms with van der Waals surface area (Å²) in [5.74, 6) is 0.927. The summed E-state index contributed by atoms with van der Waals surface area (Å²) in [5, 5.41) is 8.08. The highest BCUT2D eigenvalue weighted by Crippen LogP contribution is 2.17. The first-order chi connectivity index (χ1) is 13.5. The Hall–Kier alpha value is -3.03. The van der Waals surface area contributed by atoms with E-state index in [4.69, 9.17) is 0 Å². The molecule has 4 rings (SSSR count). The van der Waals surface area contributed by atoms with Gasteiger partial charge in [-0.25, -0.2) is 4.39 Å². The van der Waals surface area contributed by atoms with Gasteiger partial charge in [0.25, 0.3) is 0 Å². The van der Waals surface area contributed by atoms with Crippen LogP contribution in [0.4, 0.5) is 4.39 Å². The fourth-order valence-electron chi connectivity index (χ4n) is 3.57. The molecule has 1 aromatic carbocycles. The van der Waals surface area contributed by atoms with Gasteiger partial charge in [0, 0.05) is 38.3 Å². The average molecular weight is 383 g/mol. The summed E-state index contributed by atoms with van der Waals surface area (Å²) in [7, 11) is 0. The fourth-order valence-corrected chi connectivity index (χ4v) is 3.57. The van der Waals surface area contributed by atoms with Gasteiger partial charge in [-0.3, -0.25) is 18.6 Å². The van der Waals surface area contributed by atoms with Crippen LogP contribution in [0.15, 0.2) is 41.5 Å². The molecule has 7 nitrogen and oxygen atoms in total. The second-order valence-electron chi connectivity index (χ2n) is 7.33. The Morgan fingerprint density at radius 2 is 2.00 bits per heavy atom. The zero-order valence-electron chi connectivity index (χ0n) is 15.7. The topological polar surface area (TPSA) is 72.5 Å². The van der Waals surface area contributed by atoms with E-state index in [1.807, 2.05) is 4.90 Å². The summed E-state index contributed by atoms with van der Waals surface area (Å²) in [6, 6.07) is 5.80. The highest BCUT2D eigenvalue weighted by Gasteiger charge is 2.21. The minimum Gasteiger partial charge on any atom is -0.343 e. The molecule has 1 aliphatic heterocycles. The highest BCUT2D eigenvalue weighted by atomic mass is 19.1. The van der Waals surface area contributed by atoms with Crippen molar-refractivity contribution in [2.24, 2.45) is 5.92 Å². The minimum atomic E-state index is -0.419. The van der Waals surface area contributed by atoms with Crippen LogP contribution in [0.1, 0.15) is 32.0 Å². The van der Waals surface area contributed by atoms with Crippen LogP contribution in [0.2, 0.25) is 0 Å². The lowest BCUT2D eigenvalue weighted by atomic mass is 9.99. The quantitative estimate of drug-likeness (QED) is 0.693. The number of carbonyl (C=O) groups is 1. The van der Waals surface area contributed by atoms with E-state index >= 15 is 0 Å². The normalized spacial score (nSPS) is 15.3. The van der Waals surface area contributed by atoms with E-state index in [9.17, 15) is 14.0 Å². The molecule has 3 aromatic rings. The minimum absolute atomic E-state index is 0.108. The maximum absolute atomic E-state index is 13.5. The zero-order valence-corrected chi connectivity index (χ0v) is 15.7. The third kappa shape index (κ3) is 3.54. The number of fused-ring (bicyclic) bond motifs is 1. The van der Waals surface area contributed by atoms with Crippen molar-refractivity contribution in [1.82, 2.24) is 24.1 Å². The number of aryl methyl sites for hydroxylation is 1. The molecule has 0 spiro atoms. The SMILES string of the molecule is CC1CCN(C(=O)CCc2nnc3c(=O)n(-c4cccc(F)c4)ccn23)CC1. The molecular formula is C20H22FN5O2. The molecule has 1 aliphatic rings. The second-order valence-corrected chi connectivity index (χ2v) is 7.33. The summed E-state index contributed by atoms with van der Waals surface area (Å²) < 4.78 is 16.4. The van der Waals surface area contributed by atoms with Crippen molar-refractivity contribution in [3.63, 3.8) is 0 Å². The predicted octanol–water partition coefficient (Wildman–Crippen LogP) is 2.21. The number of rotatable bonds is 4. The Balaban J connectivity index is 1.53. The van der Waals surface area contributed by atoms with Crippen LogP contribution in [0, 0.1) is 11.7 Å². The van der Waals surface area contributed by atoms with Gasteiger partial charge in [-0.1, -0.05) is 13.0 Å². The summed E-state index contributed by atoms with van der Waals surface area (Å²) in [4.78, 5) is 27.1. The molecule has 0 saturated carbocycles. The summed E-state index contributed by atoms with van der Waals surface area (Å²) in [5.41, 5.74) is 0.191. The van der Waals surface area contributed by atoms with E-state index in [-0.39, 0.29) is 17.1 Å². The number of hydrogen-bond donors (Lipinski definition) is 0. The summed E-state index contributed by atoms with van der Waals surface area (Å²) in [6.45, 7) is 3.82. The third-order valence-corrected chi connectivity index (χ3v) is 5.33. The molecule has 0 unspecified atom stereocenters. The number of nitrogens with zero attached hydrogens (tertiary/aromatic N) is 5. The first-order valence-electron chi connectivity index (χ1n) is 9.52. The van der Waals surface area contributed by atoms with E-state index in [1.165, 1.54) is 16.7 Å². The fraction of sp³-hybridized carbons (Fsp3) is 0.400. The number of aromatic nitrogens is 4. The van der Waals surface area contributed by atoms with Gasteiger partial charge in [-0.15, -0.1) is 10.2 Å². The van der Waals surface area contributed by atoms with Crippen molar-refractivity contribution in [2.45, 2.75) is 32.6 Å². The number of piperidine rings is 1. The van der Waals surface area contributed by atoms with E-state index in [0.29, 0.717) is 30.3 Å². The number of halogens is 1. The van der Waals surface area contributed by atoms with E-state index in [1.54, 1.807) is 28.9 Å².